The standard InChI is InChI=1S/C27H20N2O6/c1-34-27(33)23-16-25(35-29-23)20-3-2-4-21(15-20)28-26(32)19-8-5-17(6-9-19)7-14-24(31)18-10-12-22(30)13-11-18/h2-16,30H,1H3,(H,28,32)/b14-7+. The van der Waals surface area contributed by atoms with Gasteiger partial charge in [-0.3, -0.25) is 9.59 Å². The molecule has 1 heterocycles. The smallest absolute Gasteiger partial charge is 0.360 e. The number of phenols is 1. The molecule has 3 aromatic carbocycles. The summed E-state index contributed by atoms with van der Waals surface area (Å²) in [5.74, 6) is -0.661. The summed E-state index contributed by atoms with van der Waals surface area (Å²) in [5, 5.41) is 15.8. The lowest BCUT2D eigenvalue weighted by atomic mass is 10.1. The van der Waals surface area contributed by atoms with Gasteiger partial charge in [0.1, 0.15) is 5.75 Å². The van der Waals surface area contributed by atoms with Crippen molar-refractivity contribution in [3.63, 3.8) is 0 Å². The second-order valence-corrected chi connectivity index (χ2v) is 7.47. The molecule has 0 radical (unpaired) electrons. The Balaban J connectivity index is 1.41. The van der Waals surface area contributed by atoms with Crippen LogP contribution in [0, 0.1) is 0 Å². The average molecular weight is 468 g/mol. The number of benzene rings is 3. The highest BCUT2D eigenvalue weighted by Crippen LogP contribution is 2.24. The number of nitrogens with one attached hydrogen (secondary N) is 1. The Hall–Kier alpha value is -4.98. The van der Waals surface area contributed by atoms with Crippen LogP contribution in [-0.2, 0) is 4.74 Å². The zero-order valence-corrected chi connectivity index (χ0v) is 18.6. The second-order valence-electron chi connectivity index (χ2n) is 7.47. The number of ether oxygens (including phenoxy) is 1. The van der Waals surface area contributed by atoms with Gasteiger partial charge in [0, 0.05) is 28.4 Å². The van der Waals surface area contributed by atoms with Gasteiger partial charge >= 0.3 is 5.97 Å². The average Bonchev–Trinajstić information content (AvgIpc) is 3.38. The summed E-state index contributed by atoms with van der Waals surface area (Å²) in [5.41, 5.74) is 2.86. The van der Waals surface area contributed by atoms with Crippen molar-refractivity contribution >= 4 is 29.4 Å². The van der Waals surface area contributed by atoms with E-state index in [9.17, 15) is 19.5 Å². The normalized spacial score (nSPS) is 10.8. The van der Waals surface area contributed by atoms with Crippen LogP contribution in [0.4, 0.5) is 5.69 Å². The molecule has 0 atom stereocenters. The first kappa shape index (κ1) is 23.2. The first-order valence-corrected chi connectivity index (χ1v) is 10.5. The Kier molecular flexibility index (Phi) is 6.83. The zero-order chi connectivity index (χ0) is 24.8. The molecule has 0 aliphatic heterocycles. The maximum Gasteiger partial charge on any atom is 0.360 e. The number of allylic oxidation sites excluding steroid dienone is 1. The summed E-state index contributed by atoms with van der Waals surface area (Å²) in [6.45, 7) is 0. The number of anilines is 1. The van der Waals surface area contributed by atoms with Crippen LogP contribution < -0.4 is 5.32 Å². The van der Waals surface area contributed by atoms with Crippen molar-refractivity contribution in [2.45, 2.75) is 0 Å². The first-order chi connectivity index (χ1) is 16.9. The van der Waals surface area contributed by atoms with E-state index in [0.29, 0.717) is 28.1 Å². The topological polar surface area (TPSA) is 119 Å². The quantitative estimate of drug-likeness (QED) is 0.223. The minimum absolute atomic E-state index is 0.0517. The van der Waals surface area contributed by atoms with Gasteiger partial charge in [0.15, 0.2) is 17.2 Å². The molecular formula is C27H20N2O6. The number of esters is 1. The first-order valence-electron chi connectivity index (χ1n) is 10.5. The highest BCUT2D eigenvalue weighted by Gasteiger charge is 2.14. The van der Waals surface area contributed by atoms with E-state index in [1.54, 1.807) is 66.7 Å². The SMILES string of the molecule is COC(=O)c1cc(-c2cccc(NC(=O)c3ccc(/C=C/C(=O)c4ccc(O)cc4)cc3)c2)on1. The lowest BCUT2D eigenvalue weighted by Crippen LogP contribution is -2.11. The predicted octanol–water partition coefficient (Wildman–Crippen LogP) is 4.98. The number of carbonyl (C=O) groups is 3. The van der Waals surface area contributed by atoms with Crippen LogP contribution >= 0.6 is 0 Å². The van der Waals surface area contributed by atoms with E-state index in [1.807, 2.05) is 0 Å². The molecule has 8 nitrogen and oxygen atoms in total. The van der Waals surface area contributed by atoms with E-state index >= 15 is 0 Å². The van der Waals surface area contributed by atoms with E-state index < -0.39 is 5.97 Å². The van der Waals surface area contributed by atoms with Crippen molar-refractivity contribution in [3.05, 3.63) is 107 Å². The number of amides is 1. The van der Waals surface area contributed by atoms with E-state index in [-0.39, 0.29) is 23.1 Å². The molecule has 0 fully saturated rings. The molecule has 0 spiro atoms. The molecule has 174 valence electrons. The molecule has 0 aliphatic rings. The minimum atomic E-state index is -0.604. The van der Waals surface area contributed by atoms with Crippen LogP contribution in [0.1, 0.15) is 36.8 Å². The van der Waals surface area contributed by atoms with Crippen LogP contribution in [0.15, 0.2) is 89.5 Å². The van der Waals surface area contributed by atoms with Gasteiger partial charge in [-0.05, 0) is 60.2 Å². The van der Waals surface area contributed by atoms with Crippen molar-refractivity contribution in [2.24, 2.45) is 0 Å². The van der Waals surface area contributed by atoms with Gasteiger partial charge in [-0.2, -0.15) is 0 Å². The molecule has 0 bridgehead atoms. The van der Waals surface area contributed by atoms with Gasteiger partial charge in [0.05, 0.1) is 7.11 Å². The Bertz CT molecular complexity index is 1400. The van der Waals surface area contributed by atoms with Crippen LogP contribution in [0.5, 0.6) is 5.75 Å². The third-order valence-corrected chi connectivity index (χ3v) is 5.06. The van der Waals surface area contributed by atoms with Crippen molar-refractivity contribution in [3.8, 4) is 17.1 Å². The van der Waals surface area contributed by atoms with E-state index in [2.05, 4.69) is 15.2 Å². The minimum Gasteiger partial charge on any atom is -0.508 e. The number of hydrogen-bond donors (Lipinski definition) is 2. The van der Waals surface area contributed by atoms with Gasteiger partial charge in [0.25, 0.3) is 5.91 Å². The molecular weight excluding hydrogens is 448 g/mol. The molecule has 0 aliphatic carbocycles. The Labute approximate surface area is 200 Å². The number of aromatic nitrogens is 1. The predicted molar refractivity (Wildman–Crippen MR) is 129 cm³/mol. The molecule has 4 rings (SSSR count). The molecule has 35 heavy (non-hydrogen) atoms. The largest absolute Gasteiger partial charge is 0.508 e. The molecule has 1 aromatic heterocycles. The maximum absolute atomic E-state index is 12.7. The van der Waals surface area contributed by atoms with Crippen LogP contribution in [-0.4, -0.2) is 35.0 Å². The fourth-order valence-corrected chi connectivity index (χ4v) is 3.20. The fraction of sp³-hybridized carbons (Fsp3) is 0.0370. The molecule has 0 unspecified atom stereocenters. The van der Waals surface area contributed by atoms with Crippen molar-refractivity contribution in [2.75, 3.05) is 12.4 Å². The maximum atomic E-state index is 12.7. The molecule has 1 amide bonds. The number of ketones is 1. The van der Waals surface area contributed by atoms with E-state index in [1.165, 1.54) is 31.4 Å². The number of nitrogens with zero attached hydrogens (tertiary/aromatic N) is 1. The molecule has 4 aromatic rings. The highest BCUT2D eigenvalue weighted by atomic mass is 16.5. The summed E-state index contributed by atoms with van der Waals surface area (Å²) in [4.78, 5) is 36.5. The summed E-state index contributed by atoms with van der Waals surface area (Å²) in [6, 6.07) is 21.2. The number of methoxy groups -OCH3 is 1. The summed E-state index contributed by atoms with van der Waals surface area (Å²) in [6.07, 6.45) is 3.09. The van der Waals surface area contributed by atoms with Gasteiger partial charge in [-0.25, -0.2) is 4.79 Å². The number of carbonyl (C=O) groups excluding carboxylic acids is 3. The van der Waals surface area contributed by atoms with Crippen LogP contribution in [0.2, 0.25) is 0 Å². The molecule has 0 saturated heterocycles. The zero-order valence-electron chi connectivity index (χ0n) is 18.6. The molecule has 2 N–H and O–H groups in total. The fourth-order valence-electron chi connectivity index (χ4n) is 3.20. The number of phenolic OH excluding ortho intramolecular Hbond substituents is 1. The van der Waals surface area contributed by atoms with Crippen LogP contribution in [0.25, 0.3) is 17.4 Å². The monoisotopic (exact) mass is 468 g/mol. The van der Waals surface area contributed by atoms with Gasteiger partial charge in [0.2, 0.25) is 0 Å². The Morgan fingerprint density at radius 3 is 2.37 bits per heavy atom. The van der Waals surface area contributed by atoms with Crippen molar-refractivity contribution in [1.29, 1.82) is 0 Å². The summed E-state index contributed by atoms with van der Waals surface area (Å²) in [7, 11) is 1.26. The summed E-state index contributed by atoms with van der Waals surface area (Å²) >= 11 is 0. The van der Waals surface area contributed by atoms with Gasteiger partial charge in [-0.15, -0.1) is 0 Å². The van der Waals surface area contributed by atoms with E-state index in [0.717, 1.165) is 5.56 Å². The Morgan fingerprint density at radius 1 is 0.943 bits per heavy atom. The second kappa shape index (κ2) is 10.3. The number of aromatic hydroxyl groups is 1. The summed E-state index contributed by atoms with van der Waals surface area (Å²) < 4.78 is 9.82. The van der Waals surface area contributed by atoms with Gasteiger partial charge in [-0.1, -0.05) is 35.5 Å². The lowest BCUT2D eigenvalue weighted by molar-refractivity contribution is 0.0589. The molecule has 0 saturated carbocycles. The van der Waals surface area contributed by atoms with E-state index in [4.69, 9.17) is 4.52 Å². The van der Waals surface area contributed by atoms with Crippen LogP contribution in [0.3, 0.4) is 0 Å². The van der Waals surface area contributed by atoms with Crippen molar-refractivity contribution < 1.29 is 28.8 Å². The third kappa shape index (κ3) is 5.69. The third-order valence-electron chi connectivity index (χ3n) is 5.06. The highest BCUT2D eigenvalue weighted by molar-refractivity contribution is 6.07. The van der Waals surface area contributed by atoms with Gasteiger partial charge < -0.3 is 19.7 Å². The lowest BCUT2D eigenvalue weighted by Gasteiger charge is -2.07. The van der Waals surface area contributed by atoms with Crippen molar-refractivity contribution in [1.82, 2.24) is 5.16 Å². The number of rotatable bonds is 7. The Morgan fingerprint density at radius 2 is 1.66 bits per heavy atom. The molecule has 8 heteroatoms. The number of hydrogen-bond acceptors (Lipinski definition) is 7.